The molecule has 1 aromatic carbocycles. The Morgan fingerprint density at radius 3 is 2.95 bits per heavy atom. The van der Waals surface area contributed by atoms with Crippen LogP contribution in [0.3, 0.4) is 0 Å². The van der Waals surface area contributed by atoms with Gasteiger partial charge in [-0.25, -0.2) is 4.79 Å². The van der Waals surface area contributed by atoms with Crippen LogP contribution in [0, 0.1) is 0 Å². The Morgan fingerprint density at radius 1 is 1.50 bits per heavy atom. The molecule has 1 aromatic rings. The van der Waals surface area contributed by atoms with Crippen molar-refractivity contribution in [1.82, 2.24) is 5.32 Å². The number of carbonyl (C=O) groups is 1. The quantitative estimate of drug-likeness (QED) is 0.894. The lowest BCUT2D eigenvalue weighted by molar-refractivity contribution is 0.0287. The molecule has 0 fully saturated rings. The van der Waals surface area contributed by atoms with Crippen LogP contribution in [0.4, 0.5) is 4.79 Å². The largest absolute Gasteiger partial charge is 0.444 e. The van der Waals surface area contributed by atoms with E-state index in [0.717, 1.165) is 16.5 Å². The van der Waals surface area contributed by atoms with Crippen LogP contribution in [0.25, 0.3) is 0 Å². The van der Waals surface area contributed by atoms with Crippen molar-refractivity contribution in [2.24, 2.45) is 0 Å². The molecule has 5 heteroatoms. The van der Waals surface area contributed by atoms with Crippen molar-refractivity contribution in [3.63, 3.8) is 0 Å². The molecule has 0 aliphatic carbocycles. The van der Waals surface area contributed by atoms with Crippen LogP contribution in [0.5, 0.6) is 0 Å². The zero-order chi connectivity index (χ0) is 14.8. The Bertz CT molecular complexity index is 496. The third kappa shape index (κ3) is 3.96. The number of halogens is 1. The van der Waals surface area contributed by atoms with Crippen LogP contribution in [0.15, 0.2) is 22.7 Å². The van der Waals surface area contributed by atoms with Crippen LogP contribution in [-0.4, -0.2) is 24.8 Å². The minimum Gasteiger partial charge on any atom is -0.444 e. The average molecular weight is 342 g/mol. The Kier molecular flexibility index (Phi) is 4.70. The maximum absolute atomic E-state index is 11.7. The van der Waals surface area contributed by atoms with Crippen molar-refractivity contribution in [3.8, 4) is 0 Å². The molecule has 1 unspecified atom stereocenters. The fraction of sp³-hybridized carbons (Fsp3) is 0.533. The first-order chi connectivity index (χ1) is 9.37. The van der Waals surface area contributed by atoms with Crippen molar-refractivity contribution in [1.29, 1.82) is 0 Å². The number of fused-ring (bicyclic) bond motifs is 1. The Morgan fingerprint density at radius 2 is 2.25 bits per heavy atom. The molecule has 110 valence electrons. The van der Waals surface area contributed by atoms with E-state index in [2.05, 4.69) is 21.2 Å². The van der Waals surface area contributed by atoms with Gasteiger partial charge in [0.2, 0.25) is 0 Å². The number of rotatable bonds is 2. The van der Waals surface area contributed by atoms with Crippen molar-refractivity contribution in [2.45, 2.75) is 38.9 Å². The Hall–Kier alpha value is -1.07. The molecule has 20 heavy (non-hydrogen) atoms. The van der Waals surface area contributed by atoms with E-state index in [4.69, 9.17) is 9.47 Å². The summed E-state index contributed by atoms with van der Waals surface area (Å²) in [5, 5.41) is 2.77. The summed E-state index contributed by atoms with van der Waals surface area (Å²) in [5.41, 5.74) is 1.90. The molecule has 1 aliphatic heterocycles. The van der Waals surface area contributed by atoms with Gasteiger partial charge >= 0.3 is 6.09 Å². The van der Waals surface area contributed by atoms with E-state index >= 15 is 0 Å². The van der Waals surface area contributed by atoms with E-state index in [0.29, 0.717) is 13.2 Å². The van der Waals surface area contributed by atoms with E-state index in [-0.39, 0.29) is 6.10 Å². The fourth-order valence-corrected chi connectivity index (χ4v) is 2.77. The number of carbonyl (C=O) groups excluding carboxylic acids is 1. The highest BCUT2D eigenvalue weighted by molar-refractivity contribution is 9.10. The number of ether oxygens (including phenoxy) is 2. The lowest BCUT2D eigenvalue weighted by Gasteiger charge is -2.27. The van der Waals surface area contributed by atoms with Gasteiger partial charge in [-0.1, -0.05) is 28.1 Å². The predicted octanol–water partition coefficient (Wildman–Crippen LogP) is 3.59. The highest BCUT2D eigenvalue weighted by atomic mass is 79.9. The second-order valence-corrected chi connectivity index (χ2v) is 6.65. The molecular weight excluding hydrogens is 322 g/mol. The Labute approximate surface area is 128 Å². The number of alkyl carbamates (subject to hydrolysis) is 1. The molecule has 0 aromatic heterocycles. The highest BCUT2D eigenvalue weighted by Crippen LogP contribution is 2.31. The lowest BCUT2D eigenvalue weighted by Crippen LogP contribution is -2.36. The number of hydrogen-bond acceptors (Lipinski definition) is 3. The van der Waals surface area contributed by atoms with Gasteiger partial charge in [-0.3, -0.25) is 0 Å². The maximum Gasteiger partial charge on any atom is 0.407 e. The van der Waals surface area contributed by atoms with Crippen molar-refractivity contribution < 1.29 is 14.3 Å². The first-order valence-electron chi connectivity index (χ1n) is 6.72. The van der Waals surface area contributed by atoms with Crippen LogP contribution in [-0.2, 0) is 15.9 Å². The molecule has 1 amide bonds. The van der Waals surface area contributed by atoms with E-state index in [1.807, 2.05) is 39.0 Å². The fourth-order valence-electron chi connectivity index (χ4n) is 2.19. The van der Waals surface area contributed by atoms with E-state index in [1.165, 1.54) is 5.56 Å². The molecule has 0 spiro atoms. The molecule has 1 aliphatic rings. The summed E-state index contributed by atoms with van der Waals surface area (Å²) in [6.07, 6.45) is 0.353. The van der Waals surface area contributed by atoms with Gasteiger partial charge in [-0.05, 0) is 44.4 Å². The number of benzene rings is 1. The third-order valence-corrected chi connectivity index (χ3v) is 3.75. The Balaban J connectivity index is 1.99. The zero-order valence-electron chi connectivity index (χ0n) is 12.0. The van der Waals surface area contributed by atoms with Crippen LogP contribution in [0.1, 0.15) is 38.0 Å². The van der Waals surface area contributed by atoms with Gasteiger partial charge in [-0.15, -0.1) is 0 Å². The summed E-state index contributed by atoms with van der Waals surface area (Å²) in [6.45, 7) is 6.61. The number of hydrogen-bond donors (Lipinski definition) is 1. The lowest BCUT2D eigenvalue weighted by atomic mass is 9.97. The molecule has 0 saturated carbocycles. The first kappa shape index (κ1) is 15.3. The molecule has 0 bridgehead atoms. The maximum atomic E-state index is 11.7. The van der Waals surface area contributed by atoms with Gasteiger partial charge in [0.05, 0.1) is 13.2 Å². The SMILES string of the molecule is CC(C)(C)OC(=O)NCC1OCCc2c(Br)cccc21. The summed E-state index contributed by atoms with van der Waals surface area (Å²) in [7, 11) is 0. The van der Waals surface area contributed by atoms with Crippen LogP contribution in [0.2, 0.25) is 0 Å². The highest BCUT2D eigenvalue weighted by Gasteiger charge is 2.24. The minimum atomic E-state index is -0.488. The third-order valence-electron chi connectivity index (χ3n) is 3.00. The van der Waals surface area contributed by atoms with E-state index in [1.54, 1.807) is 0 Å². The van der Waals surface area contributed by atoms with Crippen molar-refractivity contribution in [2.75, 3.05) is 13.2 Å². The topological polar surface area (TPSA) is 47.6 Å². The monoisotopic (exact) mass is 341 g/mol. The standard InChI is InChI=1S/C15H20BrNO3/c1-15(2,3)20-14(18)17-9-13-11-5-4-6-12(16)10(11)7-8-19-13/h4-6,13H,7-9H2,1-3H3,(H,17,18). The first-order valence-corrected chi connectivity index (χ1v) is 7.52. The van der Waals surface area contributed by atoms with E-state index in [9.17, 15) is 4.79 Å². The van der Waals surface area contributed by atoms with Gasteiger partial charge in [0.1, 0.15) is 11.7 Å². The van der Waals surface area contributed by atoms with Gasteiger partial charge in [0.15, 0.2) is 0 Å². The summed E-state index contributed by atoms with van der Waals surface area (Å²) >= 11 is 3.56. The van der Waals surface area contributed by atoms with Crippen molar-refractivity contribution >= 4 is 22.0 Å². The van der Waals surface area contributed by atoms with Gasteiger partial charge in [0, 0.05) is 4.47 Å². The molecule has 4 nitrogen and oxygen atoms in total. The second kappa shape index (κ2) is 6.14. The number of amides is 1. The molecular formula is C15H20BrNO3. The molecule has 1 N–H and O–H groups in total. The van der Waals surface area contributed by atoms with Crippen LogP contribution < -0.4 is 5.32 Å². The summed E-state index contributed by atoms with van der Waals surface area (Å²) in [4.78, 5) is 11.7. The van der Waals surface area contributed by atoms with Gasteiger partial charge in [0.25, 0.3) is 0 Å². The molecule has 2 rings (SSSR count). The molecule has 0 radical (unpaired) electrons. The summed E-state index contributed by atoms with van der Waals surface area (Å²) < 4.78 is 12.1. The molecule has 0 saturated heterocycles. The number of nitrogens with one attached hydrogen (secondary N) is 1. The summed E-state index contributed by atoms with van der Waals surface area (Å²) in [5.74, 6) is 0. The molecule has 1 heterocycles. The van der Waals surface area contributed by atoms with Gasteiger partial charge < -0.3 is 14.8 Å². The normalized spacial score (nSPS) is 18.3. The minimum absolute atomic E-state index is 0.122. The zero-order valence-corrected chi connectivity index (χ0v) is 13.6. The van der Waals surface area contributed by atoms with E-state index < -0.39 is 11.7 Å². The molecule has 1 atom stereocenters. The van der Waals surface area contributed by atoms with Crippen LogP contribution >= 0.6 is 15.9 Å². The smallest absolute Gasteiger partial charge is 0.407 e. The second-order valence-electron chi connectivity index (χ2n) is 5.80. The predicted molar refractivity (Wildman–Crippen MR) is 80.8 cm³/mol. The average Bonchev–Trinajstić information content (AvgIpc) is 2.35. The summed E-state index contributed by atoms with van der Waals surface area (Å²) in [6, 6.07) is 6.06. The van der Waals surface area contributed by atoms with Gasteiger partial charge in [-0.2, -0.15) is 0 Å². The van der Waals surface area contributed by atoms with Crippen molar-refractivity contribution in [3.05, 3.63) is 33.8 Å².